The number of phosphoric ester groups is 1. The van der Waals surface area contributed by atoms with Crippen LogP contribution in [0.1, 0.15) is 226 Å². The van der Waals surface area contributed by atoms with Crippen molar-refractivity contribution in [1.29, 1.82) is 0 Å². The van der Waals surface area contributed by atoms with Gasteiger partial charge in [-0.25, -0.2) is 4.57 Å². The number of aliphatic hydroxyl groups excluding tert-OH is 7. The number of rotatable bonds is 43. The zero-order chi connectivity index (χ0) is 47.3. The minimum absolute atomic E-state index is 0.248. The molecule has 378 valence electrons. The summed E-state index contributed by atoms with van der Waals surface area (Å²) < 4.78 is 22.9. The molecule has 0 aromatic rings. The number of phosphoric acid groups is 1. The van der Waals surface area contributed by atoms with Crippen LogP contribution in [0.4, 0.5) is 0 Å². The van der Waals surface area contributed by atoms with Crippen molar-refractivity contribution in [2.24, 2.45) is 0 Å². The topological polar surface area (TPSA) is 226 Å². The van der Waals surface area contributed by atoms with Crippen molar-refractivity contribution in [3.63, 3.8) is 0 Å². The van der Waals surface area contributed by atoms with Crippen molar-refractivity contribution < 1.29 is 59.0 Å². The highest BCUT2D eigenvalue weighted by Crippen LogP contribution is 2.47. The highest BCUT2D eigenvalue weighted by atomic mass is 31.2. The second-order valence-electron chi connectivity index (χ2n) is 18.6. The van der Waals surface area contributed by atoms with E-state index in [2.05, 4.69) is 31.3 Å². The molecule has 1 aliphatic carbocycles. The van der Waals surface area contributed by atoms with Crippen molar-refractivity contribution in [1.82, 2.24) is 5.32 Å². The summed E-state index contributed by atoms with van der Waals surface area (Å²) in [5, 5.41) is 74.6. The number of unbranched alkanes of at least 4 members (excludes halogenated alkanes) is 28. The summed E-state index contributed by atoms with van der Waals surface area (Å²) in [6.45, 7) is 3.75. The maximum atomic E-state index is 13.0. The molecule has 0 aliphatic heterocycles. The van der Waals surface area contributed by atoms with Crippen LogP contribution in [0, 0.1) is 0 Å². The monoisotopic (exact) mass is 934 g/mol. The Morgan fingerprint density at radius 3 is 1.38 bits per heavy atom. The first-order valence-electron chi connectivity index (χ1n) is 25.9. The third-order valence-corrected chi connectivity index (χ3v) is 13.5. The van der Waals surface area contributed by atoms with Crippen molar-refractivity contribution >= 4 is 13.7 Å². The van der Waals surface area contributed by atoms with E-state index < -0.39 is 75.2 Å². The molecule has 9 N–H and O–H groups in total. The fraction of sp³-hybridized carbons (Fsp3) is 0.900. The van der Waals surface area contributed by atoms with Gasteiger partial charge in [0.1, 0.15) is 36.6 Å². The normalized spacial score (nSPS) is 22.8. The minimum atomic E-state index is -5.15. The lowest BCUT2D eigenvalue weighted by Gasteiger charge is -2.41. The quantitative estimate of drug-likeness (QED) is 0.0158. The smallest absolute Gasteiger partial charge is 0.393 e. The van der Waals surface area contributed by atoms with Crippen LogP contribution < -0.4 is 5.32 Å². The number of carbonyl (C=O) groups excluding carboxylic acids is 1. The first kappa shape index (κ1) is 60.8. The van der Waals surface area contributed by atoms with Gasteiger partial charge in [-0.05, 0) is 32.1 Å². The van der Waals surface area contributed by atoms with E-state index in [-0.39, 0.29) is 6.42 Å². The van der Waals surface area contributed by atoms with Crippen LogP contribution in [0.25, 0.3) is 0 Å². The summed E-state index contributed by atoms with van der Waals surface area (Å²) in [5.74, 6) is -0.599. The molecule has 0 spiro atoms. The van der Waals surface area contributed by atoms with E-state index in [4.69, 9.17) is 9.05 Å². The molecular formula is C50H96NO12P. The average molecular weight is 934 g/mol. The standard InChI is InChI=1S/C50H96NO12P/c1-3-5-7-9-11-13-15-17-19-20-21-22-24-25-27-29-31-33-35-37-41(52)39-44(54)51-42(40-62-64(60,61)63-50-48(58)46(56)45(55)47(57)49(50)59)43(53)38-36-34-32-30-28-26-23-18-16-14-12-10-8-6-4-2/h28,30,36,38,41-43,45-50,52-53,55-59H,3-27,29,31-35,37,39-40H2,1-2H3,(H,51,54)(H,60,61)/b30-28+,38-36+. The maximum Gasteiger partial charge on any atom is 0.472 e. The highest BCUT2D eigenvalue weighted by molar-refractivity contribution is 7.47. The van der Waals surface area contributed by atoms with Crippen molar-refractivity contribution in [2.45, 2.75) is 281 Å². The Bertz CT molecular complexity index is 1190. The van der Waals surface area contributed by atoms with Gasteiger partial charge in [0.25, 0.3) is 0 Å². The van der Waals surface area contributed by atoms with Crippen LogP contribution in [0.3, 0.4) is 0 Å². The molecule has 1 aliphatic rings. The van der Waals surface area contributed by atoms with E-state index in [0.717, 1.165) is 44.9 Å². The van der Waals surface area contributed by atoms with Gasteiger partial charge in [-0.2, -0.15) is 0 Å². The van der Waals surface area contributed by atoms with Gasteiger partial charge in [0, 0.05) is 0 Å². The Labute approximate surface area is 388 Å². The Balaban J connectivity index is 2.48. The minimum Gasteiger partial charge on any atom is -0.393 e. The van der Waals surface area contributed by atoms with E-state index in [1.165, 1.54) is 154 Å². The summed E-state index contributed by atoms with van der Waals surface area (Å²) in [4.78, 5) is 23.5. The van der Waals surface area contributed by atoms with E-state index in [0.29, 0.717) is 12.8 Å². The molecule has 0 saturated heterocycles. The number of aliphatic hydroxyl groups is 7. The molecule has 64 heavy (non-hydrogen) atoms. The molecule has 8 unspecified atom stereocenters. The average Bonchev–Trinajstić information content (AvgIpc) is 3.27. The summed E-state index contributed by atoms with van der Waals surface area (Å²) in [6, 6.07) is -1.25. The Kier molecular flexibility index (Phi) is 37.8. The Hall–Kier alpha value is -1.22. The number of allylic oxidation sites excluding steroid dienone is 3. The third kappa shape index (κ3) is 30.9. The fourth-order valence-electron chi connectivity index (χ4n) is 8.32. The molecule has 0 aromatic heterocycles. The number of carbonyl (C=O) groups is 1. The van der Waals surface area contributed by atoms with Crippen LogP contribution in [-0.4, -0.2) is 108 Å². The molecule has 8 atom stereocenters. The molecule has 1 fully saturated rings. The van der Waals surface area contributed by atoms with Gasteiger partial charge in [-0.3, -0.25) is 13.8 Å². The summed E-state index contributed by atoms with van der Waals surface area (Å²) in [7, 11) is -5.15. The molecule has 1 saturated carbocycles. The van der Waals surface area contributed by atoms with E-state index in [1.807, 2.05) is 0 Å². The Morgan fingerprint density at radius 1 is 0.547 bits per heavy atom. The van der Waals surface area contributed by atoms with Gasteiger partial charge in [0.15, 0.2) is 0 Å². The molecule has 1 rings (SSSR count). The lowest BCUT2D eigenvalue weighted by Crippen LogP contribution is -2.64. The fourth-order valence-corrected chi connectivity index (χ4v) is 9.28. The first-order valence-corrected chi connectivity index (χ1v) is 27.4. The summed E-state index contributed by atoms with van der Waals surface area (Å²) >= 11 is 0. The van der Waals surface area contributed by atoms with Gasteiger partial charge < -0.3 is 46.0 Å². The highest BCUT2D eigenvalue weighted by Gasteiger charge is 2.51. The third-order valence-electron chi connectivity index (χ3n) is 12.5. The molecule has 0 radical (unpaired) electrons. The van der Waals surface area contributed by atoms with E-state index in [1.54, 1.807) is 6.08 Å². The van der Waals surface area contributed by atoms with Crippen LogP contribution in [0.2, 0.25) is 0 Å². The van der Waals surface area contributed by atoms with Gasteiger partial charge >= 0.3 is 7.82 Å². The largest absolute Gasteiger partial charge is 0.472 e. The predicted molar refractivity (Wildman–Crippen MR) is 257 cm³/mol. The number of hydrogen-bond acceptors (Lipinski definition) is 11. The zero-order valence-corrected chi connectivity index (χ0v) is 41.1. The maximum absolute atomic E-state index is 13.0. The summed E-state index contributed by atoms with van der Waals surface area (Å²) in [5.41, 5.74) is 0. The van der Waals surface area contributed by atoms with Crippen molar-refractivity contribution in [3.05, 3.63) is 24.3 Å². The molecular weight excluding hydrogens is 838 g/mol. The molecule has 0 aromatic carbocycles. The van der Waals surface area contributed by atoms with Crippen molar-refractivity contribution in [3.8, 4) is 0 Å². The van der Waals surface area contributed by atoms with Gasteiger partial charge in [0.2, 0.25) is 5.91 Å². The number of amides is 1. The van der Waals surface area contributed by atoms with Crippen molar-refractivity contribution in [2.75, 3.05) is 6.61 Å². The second kappa shape index (κ2) is 39.7. The lowest BCUT2D eigenvalue weighted by molar-refractivity contribution is -0.220. The number of hydrogen-bond donors (Lipinski definition) is 9. The lowest BCUT2D eigenvalue weighted by atomic mass is 9.85. The van der Waals surface area contributed by atoms with Gasteiger partial charge in [-0.15, -0.1) is 0 Å². The van der Waals surface area contributed by atoms with E-state index in [9.17, 15) is 50.0 Å². The zero-order valence-electron chi connectivity index (χ0n) is 40.2. The number of nitrogens with one attached hydrogen (secondary N) is 1. The second-order valence-corrected chi connectivity index (χ2v) is 20.0. The van der Waals surface area contributed by atoms with Crippen LogP contribution >= 0.6 is 7.82 Å². The SMILES string of the molecule is CCCCCCCCCCC/C=C/CC/C=C/C(O)C(COP(=O)(O)OC1C(O)C(O)C(O)C(O)C1O)NC(=O)CC(O)CCCCCCCCCCCCCCCCCCCCC. The molecule has 0 heterocycles. The van der Waals surface area contributed by atoms with Crippen LogP contribution in [0.15, 0.2) is 24.3 Å². The molecule has 0 bridgehead atoms. The molecule has 14 heteroatoms. The van der Waals surface area contributed by atoms with E-state index >= 15 is 0 Å². The molecule has 13 nitrogen and oxygen atoms in total. The van der Waals surface area contributed by atoms with Crippen LogP contribution in [0.5, 0.6) is 0 Å². The van der Waals surface area contributed by atoms with Gasteiger partial charge in [-0.1, -0.05) is 212 Å². The molecule has 1 amide bonds. The predicted octanol–water partition coefficient (Wildman–Crippen LogP) is 9.54. The first-order chi connectivity index (χ1) is 30.8. The Morgan fingerprint density at radius 2 is 0.922 bits per heavy atom. The summed E-state index contributed by atoms with van der Waals surface area (Å²) in [6.07, 6.45) is 31.2. The van der Waals surface area contributed by atoms with Gasteiger partial charge in [0.05, 0.1) is 31.3 Å². The van der Waals surface area contributed by atoms with Crippen LogP contribution in [-0.2, 0) is 18.4 Å².